The quantitative estimate of drug-likeness (QED) is 0.789. The lowest BCUT2D eigenvalue weighted by molar-refractivity contribution is 0.429. The molecule has 0 atom stereocenters. The van der Waals surface area contributed by atoms with Crippen LogP contribution in [0.5, 0.6) is 11.8 Å². The largest absolute Gasteiger partial charge is 0.424 e. The molecule has 3 aromatic rings. The fourth-order valence-electron chi connectivity index (χ4n) is 1.59. The Labute approximate surface area is 117 Å². The van der Waals surface area contributed by atoms with Crippen molar-refractivity contribution in [2.45, 2.75) is 0 Å². The molecule has 0 aliphatic rings. The molecule has 2 heterocycles. The number of rotatable bonds is 3. The molecule has 0 aliphatic carbocycles. The predicted octanol–water partition coefficient (Wildman–Crippen LogP) is 1.71. The molecular formula is C12H8F2N6O. The van der Waals surface area contributed by atoms with Crippen molar-refractivity contribution in [1.82, 2.24) is 24.7 Å². The van der Waals surface area contributed by atoms with E-state index in [0.717, 1.165) is 18.2 Å². The summed E-state index contributed by atoms with van der Waals surface area (Å²) in [6.07, 6.45) is 3.13. The SMILES string of the molecule is Nc1nc(Oc2cc(F)cc(F)c2)nc(-n2cccn2)n1. The van der Waals surface area contributed by atoms with Crippen LogP contribution in [0.15, 0.2) is 36.7 Å². The average molecular weight is 290 g/mol. The van der Waals surface area contributed by atoms with Crippen LogP contribution in [0.25, 0.3) is 5.95 Å². The second-order valence-electron chi connectivity index (χ2n) is 3.93. The summed E-state index contributed by atoms with van der Waals surface area (Å²) in [7, 11) is 0. The lowest BCUT2D eigenvalue weighted by Gasteiger charge is -2.06. The van der Waals surface area contributed by atoms with Crippen molar-refractivity contribution in [1.29, 1.82) is 0 Å². The molecule has 0 spiro atoms. The van der Waals surface area contributed by atoms with Gasteiger partial charge in [-0.05, 0) is 6.07 Å². The monoisotopic (exact) mass is 290 g/mol. The summed E-state index contributed by atoms with van der Waals surface area (Å²) in [6, 6.07) is 4.19. The van der Waals surface area contributed by atoms with Crippen molar-refractivity contribution in [3.05, 3.63) is 48.3 Å². The molecule has 3 rings (SSSR count). The molecular weight excluding hydrogens is 282 g/mol. The normalized spacial score (nSPS) is 10.6. The Morgan fingerprint density at radius 2 is 1.81 bits per heavy atom. The zero-order valence-corrected chi connectivity index (χ0v) is 10.4. The number of hydrogen-bond donors (Lipinski definition) is 1. The summed E-state index contributed by atoms with van der Waals surface area (Å²) in [6.45, 7) is 0. The van der Waals surface area contributed by atoms with Crippen molar-refractivity contribution in [2.24, 2.45) is 0 Å². The Morgan fingerprint density at radius 3 is 2.48 bits per heavy atom. The van der Waals surface area contributed by atoms with E-state index in [4.69, 9.17) is 10.5 Å². The van der Waals surface area contributed by atoms with E-state index in [1.54, 1.807) is 12.3 Å². The molecule has 0 bridgehead atoms. The molecule has 0 radical (unpaired) electrons. The first-order valence-electron chi connectivity index (χ1n) is 5.76. The van der Waals surface area contributed by atoms with Crippen molar-refractivity contribution < 1.29 is 13.5 Å². The summed E-state index contributed by atoms with van der Waals surface area (Å²) in [4.78, 5) is 11.6. The number of nitrogens with zero attached hydrogens (tertiary/aromatic N) is 5. The van der Waals surface area contributed by atoms with E-state index in [2.05, 4.69) is 20.1 Å². The van der Waals surface area contributed by atoms with Gasteiger partial charge in [0.15, 0.2) is 0 Å². The van der Waals surface area contributed by atoms with Crippen LogP contribution in [0.2, 0.25) is 0 Å². The molecule has 0 fully saturated rings. The van der Waals surface area contributed by atoms with Gasteiger partial charge in [0.2, 0.25) is 5.95 Å². The van der Waals surface area contributed by atoms with Gasteiger partial charge in [-0.1, -0.05) is 0 Å². The maximum Gasteiger partial charge on any atom is 0.328 e. The van der Waals surface area contributed by atoms with E-state index in [1.165, 1.54) is 10.9 Å². The third-order valence-electron chi connectivity index (χ3n) is 2.37. The molecule has 2 N–H and O–H groups in total. The lowest BCUT2D eigenvalue weighted by atomic mass is 10.3. The van der Waals surface area contributed by atoms with Crippen molar-refractivity contribution in [3.8, 4) is 17.7 Å². The van der Waals surface area contributed by atoms with Gasteiger partial charge in [-0.2, -0.15) is 20.1 Å². The number of anilines is 1. The van der Waals surface area contributed by atoms with E-state index >= 15 is 0 Å². The average Bonchev–Trinajstić information content (AvgIpc) is 2.90. The van der Waals surface area contributed by atoms with Crippen LogP contribution in [-0.4, -0.2) is 24.7 Å². The van der Waals surface area contributed by atoms with Gasteiger partial charge in [0.1, 0.15) is 17.4 Å². The number of nitrogens with two attached hydrogens (primary N) is 1. The molecule has 0 saturated carbocycles. The number of hydrogen-bond acceptors (Lipinski definition) is 6. The number of benzene rings is 1. The van der Waals surface area contributed by atoms with Gasteiger partial charge in [0.05, 0.1) is 0 Å². The van der Waals surface area contributed by atoms with Gasteiger partial charge in [0, 0.05) is 30.6 Å². The zero-order valence-electron chi connectivity index (χ0n) is 10.4. The second-order valence-corrected chi connectivity index (χ2v) is 3.93. The van der Waals surface area contributed by atoms with Gasteiger partial charge < -0.3 is 10.5 Å². The summed E-state index contributed by atoms with van der Waals surface area (Å²) < 4.78 is 32.7. The van der Waals surface area contributed by atoms with E-state index in [-0.39, 0.29) is 23.7 Å². The molecule has 9 heteroatoms. The molecule has 7 nitrogen and oxygen atoms in total. The maximum atomic E-state index is 13.1. The topological polar surface area (TPSA) is 91.7 Å². The molecule has 0 amide bonds. The number of aromatic nitrogens is 5. The van der Waals surface area contributed by atoms with Crippen LogP contribution < -0.4 is 10.5 Å². The van der Waals surface area contributed by atoms with Gasteiger partial charge in [0.25, 0.3) is 5.95 Å². The first-order chi connectivity index (χ1) is 10.1. The fourth-order valence-corrected chi connectivity index (χ4v) is 1.59. The molecule has 1 aromatic carbocycles. The van der Waals surface area contributed by atoms with Crippen molar-refractivity contribution in [3.63, 3.8) is 0 Å². The second kappa shape index (κ2) is 5.12. The molecule has 106 valence electrons. The minimum atomic E-state index is -0.778. The Kier molecular flexibility index (Phi) is 3.14. The van der Waals surface area contributed by atoms with Crippen LogP contribution in [-0.2, 0) is 0 Å². The Morgan fingerprint density at radius 1 is 1.05 bits per heavy atom. The minimum absolute atomic E-state index is 0.0930. The van der Waals surface area contributed by atoms with Crippen LogP contribution >= 0.6 is 0 Å². The third kappa shape index (κ3) is 2.91. The molecule has 21 heavy (non-hydrogen) atoms. The summed E-state index contributed by atoms with van der Waals surface area (Å²) in [5.74, 6) is -1.63. The number of ether oxygens (including phenoxy) is 1. The number of halogens is 2. The highest BCUT2D eigenvalue weighted by atomic mass is 19.1. The molecule has 0 unspecified atom stereocenters. The minimum Gasteiger partial charge on any atom is -0.424 e. The highest BCUT2D eigenvalue weighted by molar-refractivity contribution is 5.29. The Bertz CT molecular complexity index is 757. The van der Waals surface area contributed by atoms with E-state index in [9.17, 15) is 8.78 Å². The van der Waals surface area contributed by atoms with Gasteiger partial charge in [-0.25, -0.2) is 13.5 Å². The Hall–Kier alpha value is -3.10. The first-order valence-corrected chi connectivity index (χ1v) is 5.76. The van der Waals surface area contributed by atoms with Gasteiger partial charge in [-0.3, -0.25) is 0 Å². The third-order valence-corrected chi connectivity index (χ3v) is 2.37. The van der Waals surface area contributed by atoms with Crippen LogP contribution in [0, 0.1) is 11.6 Å². The molecule has 0 aliphatic heterocycles. The van der Waals surface area contributed by atoms with Crippen LogP contribution in [0.4, 0.5) is 14.7 Å². The van der Waals surface area contributed by atoms with Crippen molar-refractivity contribution in [2.75, 3.05) is 5.73 Å². The van der Waals surface area contributed by atoms with Gasteiger partial charge >= 0.3 is 6.01 Å². The lowest BCUT2D eigenvalue weighted by Crippen LogP contribution is -2.08. The summed E-state index contributed by atoms with van der Waals surface area (Å²) in [5, 5.41) is 3.94. The highest BCUT2D eigenvalue weighted by Crippen LogP contribution is 2.21. The smallest absolute Gasteiger partial charge is 0.328 e. The number of nitrogen functional groups attached to an aromatic ring is 1. The Balaban J connectivity index is 1.95. The summed E-state index contributed by atoms with van der Waals surface area (Å²) >= 11 is 0. The van der Waals surface area contributed by atoms with Gasteiger partial charge in [-0.15, -0.1) is 0 Å². The van der Waals surface area contributed by atoms with E-state index in [0.29, 0.717) is 0 Å². The summed E-state index contributed by atoms with van der Waals surface area (Å²) in [5.41, 5.74) is 5.55. The standard InChI is InChI=1S/C12H8F2N6O/c13-7-4-8(14)6-9(5-7)21-12-18-10(15)17-11(19-12)20-3-1-2-16-20/h1-6H,(H2,15,17,18,19). The van der Waals surface area contributed by atoms with Crippen molar-refractivity contribution >= 4 is 5.95 Å². The molecule has 2 aromatic heterocycles. The van der Waals surface area contributed by atoms with E-state index < -0.39 is 11.6 Å². The zero-order chi connectivity index (χ0) is 14.8. The molecule has 0 saturated heterocycles. The first kappa shape index (κ1) is 12.9. The predicted molar refractivity (Wildman–Crippen MR) is 67.8 cm³/mol. The van der Waals surface area contributed by atoms with E-state index in [1.807, 2.05) is 0 Å². The van der Waals surface area contributed by atoms with Crippen LogP contribution in [0.3, 0.4) is 0 Å². The fraction of sp³-hybridized carbons (Fsp3) is 0. The van der Waals surface area contributed by atoms with Crippen LogP contribution in [0.1, 0.15) is 0 Å². The highest BCUT2D eigenvalue weighted by Gasteiger charge is 2.10. The maximum absolute atomic E-state index is 13.1.